The van der Waals surface area contributed by atoms with Gasteiger partial charge in [-0.05, 0) is 56.9 Å². The predicted molar refractivity (Wildman–Crippen MR) is 74.7 cm³/mol. The van der Waals surface area contributed by atoms with Gasteiger partial charge in [0, 0.05) is 24.5 Å². The zero-order valence-electron chi connectivity index (χ0n) is 11.8. The average molecular weight is 262 g/mol. The Morgan fingerprint density at radius 2 is 1.95 bits per heavy atom. The number of carbonyl (C=O) groups excluding carboxylic acids is 1. The van der Waals surface area contributed by atoms with E-state index in [1.54, 1.807) is 0 Å². The van der Waals surface area contributed by atoms with Gasteiger partial charge in [-0.15, -0.1) is 0 Å². The first kappa shape index (κ1) is 12.2. The van der Waals surface area contributed by atoms with Gasteiger partial charge >= 0.3 is 0 Å². The second-order valence-electron chi connectivity index (χ2n) is 7.28. The topological polar surface area (TPSA) is 32.3 Å². The number of rotatable bonds is 2. The van der Waals surface area contributed by atoms with Crippen LogP contribution in [0.15, 0.2) is 0 Å². The van der Waals surface area contributed by atoms with Crippen LogP contribution in [-0.2, 0) is 4.79 Å². The van der Waals surface area contributed by atoms with Gasteiger partial charge in [-0.2, -0.15) is 0 Å². The van der Waals surface area contributed by atoms with Crippen molar-refractivity contribution >= 4 is 5.91 Å². The minimum absolute atomic E-state index is 0.358. The molecule has 4 fully saturated rings. The monoisotopic (exact) mass is 262 g/mol. The lowest BCUT2D eigenvalue weighted by molar-refractivity contribution is -0.127. The summed E-state index contributed by atoms with van der Waals surface area (Å²) in [7, 11) is 0. The number of piperidine rings is 1. The molecule has 5 unspecified atom stereocenters. The third-order valence-electron chi connectivity index (χ3n) is 6.26. The van der Waals surface area contributed by atoms with Crippen molar-refractivity contribution < 1.29 is 4.79 Å². The summed E-state index contributed by atoms with van der Waals surface area (Å²) >= 11 is 0. The molecule has 2 bridgehead atoms. The zero-order valence-corrected chi connectivity index (χ0v) is 11.8. The molecule has 5 atom stereocenters. The van der Waals surface area contributed by atoms with E-state index in [1.807, 2.05) is 0 Å². The number of fused-ring (bicyclic) bond motifs is 3. The maximum Gasteiger partial charge on any atom is 0.223 e. The van der Waals surface area contributed by atoms with Crippen molar-refractivity contribution in [2.24, 2.45) is 17.8 Å². The highest BCUT2D eigenvalue weighted by atomic mass is 16.2. The van der Waals surface area contributed by atoms with Gasteiger partial charge in [-0.3, -0.25) is 9.69 Å². The summed E-state index contributed by atoms with van der Waals surface area (Å²) in [5.74, 6) is 2.34. The summed E-state index contributed by atoms with van der Waals surface area (Å²) in [5.41, 5.74) is 0. The Balaban J connectivity index is 1.37. The number of nitrogens with zero attached hydrogens (tertiary/aromatic N) is 1. The van der Waals surface area contributed by atoms with Crippen LogP contribution in [0.4, 0.5) is 0 Å². The third-order valence-corrected chi connectivity index (χ3v) is 6.26. The Morgan fingerprint density at radius 3 is 2.74 bits per heavy atom. The van der Waals surface area contributed by atoms with E-state index < -0.39 is 0 Å². The van der Waals surface area contributed by atoms with Crippen LogP contribution in [0.3, 0.4) is 0 Å². The molecule has 0 aromatic carbocycles. The first-order chi connectivity index (χ1) is 9.31. The fourth-order valence-corrected chi connectivity index (χ4v) is 5.27. The van der Waals surface area contributed by atoms with Gasteiger partial charge in [0.2, 0.25) is 5.91 Å². The van der Waals surface area contributed by atoms with Crippen LogP contribution in [0, 0.1) is 17.8 Å². The number of hydrogen-bond acceptors (Lipinski definition) is 2. The molecule has 0 radical (unpaired) electrons. The standard InChI is InChI=1S/C16H26N2O/c19-16(13-10-11-4-5-12(13)9-11)17-14-6-8-18-7-2-1-3-15(14)18/h11-15H,1-10H2,(H,17,19). The molecule has 4 rings (SSSR count). The van der Waals surface area contributed by atoms with E-state index >= 15 is 0 Å². The van der Waals surface area contributed by atoms with Crippen molar-refractivity contribution in [2.75, 3.05) is 13.1 Å². The van der Waals surface area contributed by atoms with Crippen LogP contribution in [0.5, 0.6) is 0 Å². The first-order valence-corrected chi connectivity index (χ1v) is 8.35. The average Bonchev–Trinajstić information content (AvgIpc) is 3.14. The van der Waals surface area contributed by atoms with Crippen LogP contribution in [0.1, 0.15) is 51.4 Å². The molecule has 106 valence electrons. The van der Waals surface area contributed by atoms with E-state index in [-0.39, 0.29) is 0 Å². The quantitative estimate of drug-likeness (QED) is 0.827. The fraction of sp³-hybridized carbons (Fsp3) is 0.938. The molecular weight excluding hydrogens is 236 g/mol. The van der Waals surface area contributed by atoms with E-state index in [0.29, 0.717) is 29.8 Å². The summed E-state index contributed by atoms with van der Waals surface area (Å²) in [5, 5.41) is 3.42. The van der Waals surface area contributed by atoms with E-state index in [2.05, 4.69) is 10.2 Å². The van der Waals surface area contributed by atoms with E-state index in [4.69, 9.17) is 0 Å². The SMILES string of the molecule is O=C(NC1CCN2CCCCC12)C1CC2CCC1C2. The van der Waals surface area contributed by atoms with Gasteiger partial charge < -0.3 is 5.32 Å². The molecule has 3 nitrogen and oxygen atoms in total. The highest BCUT2D eigenvalue weighted by molar-refractivity contribution is 5.80. The second kappa shape index (κ2) is 4.76. The summed E-state index contributed by atoms with van der Waals surface area (Å²) in [4.78, 5) is 15.1. The third kappa shape index (κ3) is 2.10. The number of nitrogens with one attached hydrogen (secondary N) is 1. The number of amides is 1. The minimum Gasteiger partial charge on any atom is -0.351 e. The molecule has 0 spiro atoms. The lowest BCUT2D eigenvalue weighted by atomic mass is 9.87. The Morgan fingerprint density at radius 1 is 1.00 bits per heavy atom. The van der Waals surface area contributed by atoms with Crippen molar-refractivity contribution in [2.45, 2.75) is 63.5 Å². The van der Waals surface area contributed by atoms with Gasteiger partial charge in [0.05, 0.1) is 0 Å². The zero-order chi connectivity index (χ0) is 12.8. The van der Waals surface area contributed by atoms with Gasteiger partial charge in [-0.25, -0.2) is 0 Å². The Kier molecular flexibility index (Phi) is 3.06. The molecular formula is C16H26N2O. The maximum absolute atomic E-state index is 12.5. The molecule has 1 N–H and O–H groups in total. The van der Waals surface area contributed by atoms with Crippen LogP contribution in [-0.4, -0.2) is 36.0 Å². The molecule has 4 aliphatic rings. The molecule has 2 saturated carbocycles. The smallest absolute Gasteiger partial charge is 0.223 e. The summed E-state index contributed by atoms with van der Waals surface area (Å²) < 4.78 is 0. The minimum atomic E-state index is 0.358. The van der Waals surface area contributed by atoms with Crippen molar-refractivity contribution in [1.82, 2.24) is 10.2 Å². The highest BCUT2D eigenvalue weighted by Gasteiger charge is 2.44. The van der Waals surface area contributed by atoms with Crippen LogP contribution in [0.25, 0.3) is 0 Å². The number of carbonyl (C=O) groups is 1. The molecule has 2 heterocycles. The molecule has 0 aromatic heterocycles. The van der Waals surface area contributed by atoms with Crippen LogP contribution >= 0.6 is 0 Å². The van der Waals surface area contributed by atoms with Crippen LogP contribution < -0.4 is 5.32 Å². The summed E-state index contributed by atoms with van der Waals surface area (Å²) in [6, 6.07) is 1.10. The Labute approximate surface area is 116 Å². The van der Waals surface area contributed by atoms with Crippen molar-refractivity contribution in [3.63, 3.8) is 0 Å². The van der Waals surface area contributed by atoms with Gasteiger partial charge in [0.25, 0.3) is 0 Å². The fourth-order valence-electron chi connectivity index (χ4n) is 5.27. The maximum atomic E-state index is 12.5. The van der Waals surface area contributed by atoms with E-state index in [1.165, 1.54) is 64.5 Å². The molecule has 1 amide bonds. The number of hydrogen-bond donors (Lipinski definition) is 1. The van der Waals surface area contributed by atoms with Gasteiger partial charge in [-0.1, -0.05) is 12.8 Å². The van der Waals surface area contributed by atoms with Crippen molar-refractivity contribution in [1.29, 1.82) is 0 Å². The van der Waals surface area contributed by atoms with Crippen molar-refractivity contribution in [3.8, 4) is 0 Å². The molecule has 2 aliphatic heterocycles. The molecule has 19 heavy (non-hydrogen) atoms. The lowest BCUT2D eigenvalue weighted by Crippen LogP contribution is -2.48. The largest absolute Gasteiger partial charge is 0.351 e. The van der Waals surface area contributed by atoms with E-state index in [9.17, 15) is 4.79 Å². The highest BCUT2D eigenvalue weighted by Crippen LogP contribution is 2.48. The Hall–Kier alpha value is -0.570. The van der Waals surface area contributed by atoms with Gasteiger partial charge in [0.1, 0.15) is 0 Å². The normalized spacial score (nSPS) is 45.4. The van der Waals surface area contributed by atoms with Crippen LogP contribution in [0.2, 0.25) is 0 Å². The predicted octanol–water partition coefficient (Wildman–Crippen LogP) is 2.17. The summed E-state index contributed by atoms with van der Waals surface area (Å²) in [6.45, 7) is 2.46. The molecule has 2 saturated heterocycles. The van der Waals surface area contributed by atoms with Gasteiger partial charge in [0.15, 0.2) is 0 Å². The Bertz CT molecular complexity index is 370. The first-order valence-electron chi connectivity index (χ1n) is 8.35. The van der Waals surface area contributed by atoms with Crippen molar-refractivity contribution in [3.05, 3.63) is 0 Å². The lowest BCUT2D eigenvalue weighted by Gasteiger charge is -2.33. The van der Waals surface area contributed by atoms with E-state index in [0.717, 1.165) is 5.92 Å². The molecule has 2 aliphatic carbocycles. The molecule has 0 aromatic rings. The molecule has 3 heteroatoms. The second-order valence-corrected chi connectivity index (χ2v) is 7.28. The summed E-state index contributed by atoms with van der Waals surface area (Å²) in [6.07, 6.45) is 10.4.